The molecule has 4 rings (SSSR count). The lowest BCUT2D eigenvalue weighted by atomic mass is 10.1. The molecule has 1 aliphatic heterocycles. The normalized spacial score (nSPS) is 15.5. The first-order chi connectivity index (χ1) is 14.2. The lowest BCUT2D eigenvalue weighted by Crippen LogP contribution is -2.39. The van der Waals surface area contributed by atoms with Crippen LogP contribution in [-0.2, 0) is 9.84 Å². The number of piperidine rings is 1. The van der Waals surface area contributed by atoms with E-state index in [4.69, 9.17) is 34.8 Å². The number of benzene rings is 2. The van der Waals surface area contributed by atoms with E-state index in [-0.39, 0.29) is 4.90 Å². The van der Waals surface area contributed by atoms with Gasteiger partial charge in [0.25, 0.3) is 0 Å². The van der Waals surface area contributed by atoms with E-state index in [1.54, 1.807) is 6.07 Å². The molecule has 3 aromatic rings. The van der Waals surface area contributed by atoms with Crippen LogP contribution in [0.5, 0.6) is 0 Å². The third-order valence-corrected chi connectivity index (χ3v) is 8.76. The van der Waals surface area contributed by atoms with Gasteiger partial charge in [0.15, 0.2) is 15.0 Å². The minimum Gasteiger partial charge on any atom is -0.348 e. The van der Waals surface area contributed by atoms with E-state index in [2.05, 4.69) is 4.98 Å². The monoisotopic (exact) mass is 504 g/mol. The zero-order chi connectivity index (χ0) is 21.5. The van der Waals surface area contributed by atoms with Crippen LogP contribution < -0.4 is 4.90 Å². The van der Waals surface area contributed by atoms with Gasteiger partial charge >= 0.3 is 0 Å². The second kappa shape index (κ2) is 8.63. The summed E-state index contributed by atoms with van der Waals surface area (Å²) in [5.41, 5.74) is 1.25. The van der Waals surface area contributed by atoms with Gasteiger partial charge in [-0.25, -0.2) is 17.8 Å². The Balaban J connectivity index is 1.48. The number of anilines is 1. The molecule has 1 fully saturated rings. The Morgan fingerprint density at radius 1 is 0.967 bits per heavy atom. The van der Waals surface area contributed by atoms with Gasteiger partial charge in [-0.05, 0) is 49.2 Å². The van der Waals surface area contributed by atoms with E-state index < -0.39 is 20.9 Å². The number of sulfone groups is 1. The third kappa shape index (κ3) is 4.60. The van der Waals surface area contributed by atoms with Crippen LogP contribution in [0.1, 0.15) is 12.8 Å². The van der Waals surface area contributed by atoms with Crippen LogP contribution in [0.15, 0.2) is 46.7 Å². The average Bonchev–Trinajstić information content (AvgIpc) is 3.17. The highest BCUT2D eigenvalue weighted by Gasteiger charge is 2.32. The van der Waals surface area contributed by atoms with Crippen LogP contribution in [-0.4, -0.2) is 31.7 Å². The summed E-state index contributed by atoms with van der Waals surface area (Å²) in [5, 5.41) is 3.01. The predicted octanol–water partition coefficient (Wildman–Crippen LogP) is 6.35. The molecule has 30 heavy (non-hydrogen) atoms. The van der Waals surface area contributed by atoms with Crippen LogP contribution in [0.3, 0.4) is 0 Å². The van der Waals surface area contributed by atoms with E-state index in [9.17, 15) is 12.8 Å². The second-order valence-corrected chi connectivity index (χ2v) is 11.4. The maximum atomic E-state index is 13.6. The van der Waals surface area contributed by atoms with Crippen LogP contribution in [0.25, 0.3) is 11.3 Å². The first-order valence-corrected chi connectivity index (χ1v) is 12.7. The predicted molar refractivity (Wildman–Crippen MR) is 121 cm³/mol. The van der Waals surface area contributed by atoms with Gasteiger partial charge in [0.05, 0.1) is 15.8 Å². The summed E-state index contributed by atoms with van der Waals surface area (Å²) < 4.78 is 39.6. The second-order valence-electron chi connectivity index (χ2n) is 7.01. The highest BCUT2D eigenvalue weighted by atomic mass is 35.5. The summed E-state index contributed by atoms with van der Waals surface area (Å²) in [6, 6.07) is 8.68. The summed E-state index contributed by atoms with van der Waals surface area (Å²) in [5.74, 6) is -0.417. The first-order valence-electron chi connectivity index (χ1n) is 9.09. The molecule has 0 amide bonds. The van der Waals surface area contributed by atoms with Gasteiger partial charge in [0, 0.05) is 39.1 Å². The third-order valence-electron chi connectivity index (χ3n) is 4.97. The number of thiazole rings is 1. The molecule has 10 heteroatoms. The molecule has 4 nitrogen and oxygen atoms in total. The van der Waals surface area contributed by atoms with Crippen LogP contribution >= 0.6 is 46.1 Å². The molecule has 0 atom stereocenters. The van der Waals surface area contributed by atoms with Crippen molar-refractivity contribution in [1.29, 1.82) is 0 Å². The van der Waals surface area contributed by atoms with Gasteiger partial charge in [-0.15, -0.1) is 11.3 Å². The number of hydrogen-bond acceptors (Lipinski definition) is 5. The Morgan fingerprint density at radius 2 is 1.60 bits per heavy atom. The standard InChI is InChI=1S/C20H16Cl3FN2O2S2/c21-13-5-12(6-16(24)8-13)19-11-29-20(25-19)26-3-1-17(2-4-26)30(27,28)18-9-14(22)7-15(23)10-18/h5-11,17H,1-4H2. The Bertz CT molecular complexity index is 1150. The Morgan fingerprint density at radius 3 is 2.23 bits per heavy atom. The Kier molecular flexibility index (Phi) is 6.28. The fourth-order valence-corrected chi connectivity index (χ4v) is 7.05. The van der Waals surface area contributed by atoms with Crippen molar-refractivity contribution in [2.24, 2.45) is 0 Å². The van der Waals surface area contributed by atoms with E-state index in [1.165, 1.54) is 41.7 Å². The zero-order valence-electron chi connectivity index (χ0n) is 15.5. The smallest absolute Gasteiger partial charge is 0.185 e. The van der Waals surface area contributed by atoms with Crippen molar-refractivity contribution >= 4 is 61.1 Å². The highest BCUT2D eigenvalue weighted by molar-refractivity contribution is 7.92. The molecule has 0 saturated carbocycles. The largest absolute Gasteiger partial charge is 0.348 e. The minimum atomic E-state index is -3.53. The minimum absolute atomic E-state index is 0.151. The summed E-state index contributed by atoms with van der Waals surface area (Å²) in [7, 11) is -3.53. The Hall–Kier alpha value is -1.38. The first kappa shape index (κ1) is 21.8. The summed E-state index contributed by atoms with van der Waals surface area (Å²) in [6.07, 6.45) is 0.931. The topological polar surface area (TPSA) is 50.3 Å². The summed E-state index contributed by atoms with van der Waals surface area (Å²) >= 11 is 19.3. The molecule has 2 aromatic carbocycles. The van der Waals surface area contributed by atoms with Crippen molar-refractivity contribution < 1.29 is 12.8 Å². The van der Waals surface area contributed by atoms with Gasteiger partial charge < -0.3 is 4.90 Å². The molecule has 1 saturated heterocycles. The van der Waals surface area contributed by atoms with Crippen molar-refractivity contribution in [2.45, 2.75) is 23.0 Å². The zero-order valence-corrected chi connectivity index (χ0v) is 19.4. The highest BCUT2D eigenvalue weighted by Crippen LogP contribution is 2.33. The maximum Gasteiger partial charge on any atom is 0.185 e. The van der Waals surface area contributed by atoms with Crippen molar-refractivity contribution in [3.8, 4) is 11.3 Å². The van der Waals surface area contributed by atoms with Crippen molar-refractivity contribution in [2.75, 3.05) is 18.0 Å². The van der Waals surface area contributed by atoms with Gasteiger partial charge in [-0.3, -0.25) is 0 Å². The molecule has 0 aliphatic carbocycles. The average molecular weight is 506 g/mol. The summed E-state index contributed by atoms with van der Waals surface area (Å²) in [4.78, 5) is 6.79. The van der Waals surface area contributed by atoms with Crippen LogP contribution in [0, 0.1) is 5.82 Å². The van der Waals surface area contributed by atoms with Crippen LogP contribution in [0.2, 0.25) is 15.1 Å². The number of nitrogens with zero attached hydrogens (tertiary/aromatic N) is 2. The molecular formula is C20H16Cl3FN2O2S2. The van der Waals surface area contributed by atoms with E-state index in [0.717, 1.165) is 5.13 Å². The van der Waals surface area contributed by atoms with Gasteiger partial charge in [0.1, 0.15) is 5.82 Å². The molecule has 1 aromatic heterocycles. The van der Waals surface area contributed by atoms with E-state index in [1.807, 2.05) is 10.3 Å². The molecule has 158 valence electrons. The van der Waals surface area contributed by atoms with Crippen molar-refractivity contribution in [3.63, 3.8) is 0 Å². The molecule has 0 radical (unpaired) electrons. The quantitative estimate of drug-likeness (QED) is 0.414. The number of halogens is 4. The molecule has 0 bridgehead atoms. The maximum absolute atomic E-state index is 13.6. The van der Waals surface area contributed by atoms with Gasteiger partial charge in [0.2, 0.25) is 0 Å². The lowest BCUT2D eigenvalue weighted by molar-refractivity contribution is 0.529. The van der Waals surface area contributed by atoms with Crippen LogP contribution in [0.4, 0.5) is 9.52 Å². The molecule has 2 heterocycles. The lowest BCUT2D eigenvalue weighted by Gasteiger charge is -2.31. The van der Waals surface area contributed by atoms with Gasteiger partial charge in [-0.1, -0.05) is 34.8 Å². The summed E-state index contributed by atoms with van der Waals surface area (Å²) in [6.45, 7) is 1.10. The number of rotatable bonds is 4. The van der Waals surface area contributed by atoms with E-state index >= 15 is 0 Å². The van der Waals surface area contributed by atoms with Crippen molar-refractivity contribution in [3.05, 3.63) is 62.7 Å². The molecule has 0 spiro atoms. The Labute approximate surface area is 193 Å². The van der Waals surface area contributed by atoms with Gasteiger partial charge in [-0.2, -0.15) is 0 Å². The molecule has 0 unspecified atom stereocenters. The number of aromatic nitrogens is 1. The molecule has 1 aliphatic rings. The van der Waals surface area contributed by atoms with Crippen molar-refractivity contribution in [1.82, 2.24) is 4.98 Å². The number of hydrogen-bond donors (Lipinski definition) is 0. The molecule has 0 N–H and O–H groups in total. The fourth-order valence-electron chi connectivity index (χ4n) is 3.49. The van der Waals surface area contributed by atoms with E-state index in [0.29, 0.717) is 52.3 Å². The molecular weight excluding hydrogens is 490 g/mol. The fraction of sp³-hybridized carbons (Fsp3) is 0.250. The SMILES string of the molecule is O=S(=O)(c1cc(Cl)cc(Cl)c1)C1CCN(c2nc(-c3cc(F)cc(Cl)c3)cs2)CC1.